The summed E-state index contributed by atoms with van der Waals surface area (Å²) in [5, 5.41) is 8.75. The normalized spacial score (nSPS) is 19.9. The topological polar surface area (TPSA) is 108 Å². The zero-order valence-corrected chi connectivity index (χ0v) is 11.8. The van der Waals surface area contributed by atoms with Crippen molar-refractivity contribution in [1.29, 1.82) is 0 Å². The average Bonchev–Trinajstić information content (AvgIpc) is 2.90. The Morgan fingerprint density at radius 1 is 1.50 bits per heavy atom. The maximum absolute atomic E-state index is 11.9. The molecule has 1 fully saturated rings. The van der Waals surface area contributed by atoms with E-state index in [4.69, 9.17) is 9.84 Å². The molecule has 0 radical (unpaired) electrons. The number of nitrogens with one attached hydrogen (secondary N) is 2. The van der Waals surface area contributed by atoms with Crippen molar-refractivity contribution in [3.05, 3.63) is 18.0 Å². The number of hydrogen-bond acceptors (Lipinski definition) is 4. The summed E-state index contributed by atoms with van der Waals surface area (Å²) in [7, 11) is -3.67. The number of sulfonamides is 1. The summed E-state index contributed by atoms with van der Waals surface area (Å²) in [5.74, 6) is -1.19. The molecule has 1 aliphatic heterocycles. The maximum Gasteiger partial charge on any atom is 0.352 e. The highest BCUT2D eigenvalue weighted by atomic mass is 32.2. The van der Waals surface area contributed by atoms with Crippen LogP contribution in [0.15, 0.2) is 17.2 Å². The SMILES string of the molecule is O=C(O)c1cc(S(=O)(=O)NCCC2CCCCO2)c[nH]1. The molecule has 1 aliphatic rings. The van der Waals surface area contributed by atoms with E-state index in [9.17, 15) is 13.2 Å². The zero-order valence-electron chi connectivity index (χ0n) is 11.0. The fourth-order valence-corrected chi connectivity index (χ4v) is 3.17. The molecule has 20 heavy (non-hydrogen) atoms. The molecule has 7 nitrogen and oxygen atoms in total. The smallest absolute Gasteiger partial charge is 0.352 e. The van der Waals surface area contributed by atoms with Gasteiger partial charge in [0.15, 0.2) is 0 Å². The van der Waals surface area contributed by atoms with Gasteiger partial charge in [0.05, 0.1) is 6.10 Å². The van der Waals surface area contributed by atoms with Crippen molar-refractivity contribution >= 4 is 16.0 Å². The van der Waals surface area contributed by atoms with Gasteiger partial charge in [-0.25, -0.2) is 17.9 Å². The molecule has 2 rings (SSSR count). The molecule has 8 heteroatoms. The first-order chi connectivity index (χ1) is 9.49. The van der Waals surface area contributed by atoms with Gasteiger partial charge >= 0.3 is 5.97 Å². The number of rotatable bonds is 6. The summed E-state index contributed by atoms with van der Waals surface area (Å²) in [6, 6.07) is 1.10. The van der Waals surface area contributed by atoms with Crippen LogP contribution in [0, 0.1) is 0 Å². The van der Waals surface area contributed by atoms with Gasteiger partial charge in [0.25, 0.3) is 0 Å². The number of carboxylic acids is 1. The van der Waals surface area contributed by atoms with Gasteiger partial charge in [-0.15, -0.1) is 0 Å². The summed E-state index contributed by atoms with van der Waals surface area (Å²) < 4.78 is 31.9. The molecule has 1 saturated heterocycles. The van der Waals surface area contributed by atoms with E-state index in [0.717, 1.165) is 31.9 Å². The number of ether oxygens (including phenoxy) is 1. The van der Waals surface area contributed by atoms with Gasteiger partial charge in [0, 0.05) is 19.3 Å². The minimum Gasteiger partial charge on any atom is -0.477 e. The van der Waals surface area contributed by atoms with Crippen molar-refractivity contribution in [1.82, 2.24) is 9.71 Å². The van der Waals surface area contributed by atoms with E-state index in [1.807, 2.05) is 0 Å². The van der Waals surface area contributed by atoms with Crippen LogP contribution < -0.4 is 4.72 Å². The van der Waals surface area contributed by atoms with Gasteiger partial charge < -0.3 is 14.8 Å². The standard InChI is InChI=1S/C12H18N2O5S/c15-12(16)11-7-10(8-13-11)20(17,18)14-5-4-9-3-1-2-6-19-9/h7-9,13-14H,1-6H2,(H,15,16). The van der Waals surface area contributed by atoms with Gasteiger partial charge in [0.1, 0.15) is 10.6 Å². The number of aromatic carboxylic acids is 1. The first kappa shape index (κ1) is 15.0. The molecule has 0 aliphatic carbocycles. The van der Waals surface area contributed by atoms with Crippen LogP contribution in [0.1, 0.15) is 36.2 Å². The van der Waals surface area contributed by atoms with E-state index in [1.54, 1.807) is 0 Å². The number of aromatic amines is 1. The van der Waals surface area contributed by atoms with Gasteiger partial charge in [-0.3, -0.25) is 0 Å². The van der Waals surface area contributed by atoms with Crippen molar-refractivity contribution in [3.8, 4) is 0 Å². The number of aromatic nitrogens is 1. The molecule has 1 aromatic rings. The Morgan fingerprint density at radius 3 is 2.90 bits per heavy atom. The molecule has 0 aromatic carbocycles. The Kier molecular flexibility index (Phi) is 4.79. The van der Waals surface area contributed by atoms with Crippen LogP contribution in [-0.4, -0.2) is 43.7 Å². The highest BCUT2D eigenvalue weighted by molar-refractivity contribution is 7.89. The Labute approximate surface area is 117 Å². The first-order valence-corrected chi connectivity index (χ1v) is 8.00. The zero-order chi connectivity index (χ0) is 14.6. The quantitative estimate of drug-likeness (QED) is 0.725. The number of hydrogen-bond donors (Lipinski definition) is 3. The van der Waals surface area contributed by atoms with Crippen LogP contribution >= 0.6 is 0 Å². The van der Waals surface area contributed by atoms with Crippen LogP contribution in [0.25, 0.3) is 0 Å². The lowest BCUT2D eigenvalue weighted by atomic mass is 10.1. The fraction of sp³-hybridized carbons (Fsp3) is 0.583. The minimum atomic E-state index is -3.67. The lowest BCUT2D eigenvalue weighted by Gasteiger charge is -2.22. The molecule has 112 valence electrons. The van der Waals surface area contributed by atoms with E-state index in [0.29, 0.717) is 6.42 Å². The third-order valence-electron chi connectivity index (χ3n) is 3.23. The highest BCUT2D eigenvalue weighted by Gasteiger charge is 2.19. The van der Waals surface area contributed by atoms with E-state index in [2.05, 4.69) is 9.71 Å². The third kappa shape index (κ3) is 3.81. The van der Waals surface area contributed by atoms with Gasteiger partial charge in [-0.1, -0.05) is 0 Å². The minimum absolute atomic E-state index is 0.0699. The number of H-pyrrole nitrogens is 1. The Balaban J connectivity index is 1.88. The van der Waals surface area contributed by atoms with Crippen molar-refractivity contribution < 1.29 is 23.1 Å². The first-order valence-electron chi connectivity index (χ1n) is 6.52. The summed E-state index contributed by atoms with van der Waals surface area (Å²) >= 11 is 0. The molecule has 0 bridgehead atoms. The summed E-state index contributed by atoms with van der Waals surface area (Å²) in [6.45, 7) is 1.01. The van der Waals surface area contributed by atoms with E-state index >= 15 is 0 Å². The van der Waals surface area contributed by atoms with Gasteiger partial charge in [-0.05, 0) is 31.7 Å². The third-order valence-corrected chi connectivity index (χ3v) is 4.67. The summed E-state index contributed by atoms with van der Waals surface area (Å²) in [6.07, 6.45) is 5.01. The van der Waals surface area contributed by atoms with Crippen molar-refractivity contribution in [2.45, 2.75) is 36.7 Å². The predicted molar refractivity (Wildman–Crippen MR) is 71.1 cm³/mol. The number of carbonyl (C=O) groups is 1. The lowest BCUT2D eigenvalue weighted by Crippen LogP contribution is -2.29. The second kappa shape index (κ2) is 6.38. The number of carboxylic acid groups (broad SMARTS) is 1. The fourth-order valence-electron chi connectivity index (χ4n) is 2.13. The molecular formula is C12H18N2O5S. The lowest BCUT2D eigenvalue weighted by molar-refractivity contribution is 0.0123. The maximum atomic E-state index is 11.9. The second-order valence-electron chi connectivity index (χ2n) is 4.73. The van der Waals surface area contributed by atoms with E-state index < -0.39 is 16.0 Å². The molecule has 3 N–H and O–H groups in total. The molecular weight excluding hydrogens is 284 g/mol. The molecule has 1 unspecified atom stereocenters. The Hall–Kier alpha value is -1.38. The summed E-state index contributed by atoms with van der Waals surface area (Å²) in [5.41, 5.74) is -0.152. The van der Waals surface area contributed by atoms with Crippen molar-refractivity contribution in [2.75, 3.05) is 13.2 Å². The summed E-state index contributed by atoms with van der Waals surface area (Å²) in [4.78, 5) is 13.0. The molecule has 0 amide bonds. The van der Waals surface area contributed by atoms with Gasteiger partial charge in [0.2, 0.25) is 10.0 Å². The van der Waals surface area contributed by atoms with E-state index in [1.165, 1.54) is 6.20 Å². The van der Waals surface area contributed by atoms with Crippen LogP contribution in [0.3, 0.4) is 0 Å². The predicted octanol–water partition coefficient (Wildman–Crippen LogP) is 0.950. The monoisotopic (exact) mass is 302 g/mol. The van der Waals surface area contributed by atoms with E-state index in [-0.39, 0.29) is 23.2 Å². The van der Waals surface area contributed by atoms with Crippen LogP contribution in [0.5, 0.6) is 0 Å². The Bertz CT molecular complexity index is 560. The molecule has 0 spiro atoms. The largest absolute Gasteiger partial charge is 0.477 e. The van der Waals surface area contributed by atoms with Crippen molar-refractivity contribution in [3.63, 3.8) is 0 Å². The molecule has 1 aromatic heterocycles. The average molecular weight is 302 g/mol. The van der Waals surface area contributed by atoms with Gasteiger partial charge in [-0.2, -0.15) is 0 Å². The van der Waals surface area contributed by atoms with Crippen LogP contribution in [0.2, 0.25) is 0 Å². The second-order valence-corrected chi connectivity index (χ2v) is 6.50. The Morgan fingerprint density at radius 2 is 2.30 bits per heavy atom. The van der Waals surface area contributed by atoms with Crippen molar-refractivity contribution in [2.24, 2.45) is 0 Å². The van der Waals surface area contributed by atoms with Crippen LogP contribution in [-0.2, 0) is 14.8 Å². The molecule has 0 saturated carbocycles. The molecule has 2 heterocycles. The van der Waals surface area contributed by atoms with Crippen LogP contribution in [0.4, 0.5) is 0 Å². The molecule has 1 atom stereocenters. The highest BCUT2D eigenvalue weighted by Crippen LogP contribution is 2.16.